The zero-order valence-electron chi connectivity index (χ0n) is 10.5. The lowest BCUT2D eigenvalue weighted by molar-refractivity contribution is 0.649. The van der Waals surface area contributed by atoms with Crippen molar-refractivity contribution in [2.75, 3.05) is 25.5 Å². The van der Waals surface area contributed by atoms with E-state index in [4.69, 9.17) is 5.26 Å². The average molecular weight is 296 g/mol. The topological polar surface area (TPSA) is 39.1 Å². The fraction of sp³-hybridized carbons (Fsp3) is 0.462. The number of benzene rings is 1. The van der Waals surface area contributed by atoms with Gasteiger partial charge in [0.05, 0.1) is 12.5 Å². The maximum Gasteiger partial charge on any atom is 0.0640 e. The van der Waals surface area contributed by atoms with Crippen molar-refractivity contribution in [3.05, 3.63) is 28.2 Å². The molecule has 0 heterocycles. The second kappa shape index (κ2) is 6.63. The first-order valence-electron chi connectivity index (χ1n) is 5.65. The molecule has 1 aromatic rings. The van der Waals surface area contributed by atoms with Crippen LogP contribution in [0.15, 0.2) is 22.7 Å². The summed E-state index contributed by atoms with van der Waals surface area (Å²) in [6, 6.07) is 8.70. The summed E-state index contributed by atoms with van der Waals surface area (Å²) in [7, 11) is 3.97. The highest BCUT2D eigenvalue weighted by molar-refractivity contribution is 9.10. The van der Waals surface area contributed by atoms with Crippen LogP contribution in [0.25, 0.3) is 0 Å². The Balaban J connectivity index is 3.01. The lowest BCUT2D eigenvalue weighted by Gasteiger charge is -2.24. The van der Waals surface area contributed by atoms with Gasteiger partial charge in [-0.25, -0.2) is 0 Å². The van der Waals surface area contributed by atoms with Crippen molar-refractivity contribution in [2.45, 2.75) is 19.4 Å². The summed E-state index contributed by atoms with van der Waals surface area (Å²) in [4.78, 5) is 2.12. The molecule has 1 unspecified atom stereocenters. The van der Waals surface area contributed by atoms with Crippen molar-refractivity contribution in [1.82, 2.24) is 5.32 Å². The quantitative estimate of drug-likeness (QED) is 0.907. The Morgan fingerprint density at radius 1 is 1.53 bits per heavy atom. The van der Waals surface area contributed by atoms with Crippen LogP contribution in [-0.4, -0.2) is 20.6 Å². The summed E-state index contributed by atoms with van der Waals surface area (Å²) < 4.78 is 1.08. The molecule has 92 valence electrons. The lowest BCUT2D eigenvalue weighted by atomic mass is 10.1. The molecule has 4 heteroatoms. The van der Waals surface area contributed by atoms with Crippen molar-refractivity contribution in [3.8, 4) is 6.07 Å². The van der Waals surface area contributed by atoms with Gasteiger partial charge in [0.15, 0.2) is 0 Å². The van der Waals surface area contributed by atoms with Crippen LogP contribution in [0.5, 0.6) is 0 Å². The standard InChI is InChI=1S/C13H18BrN3/c1-10(16-2)12-9-11(14)5-6-13(12)17(3)8-4-7-15/h5-6,9-10,16H,4,8H2,1-3H3. The zero-order valence-corrected chi connectivity index (χ0v) is 12.1. The van der Waals surface area contributed by atoms with E-state index in [1.165, 1.54) is 11.3 Å². The third kappa shape index (κ3) is 3.72. The molecule has 0 fully saturated rings. The third-order valence-corrected chi connectivity index (χ3v) is 3.35. The molecule has 0 aliphatic rings. The highest BCUT2D eigenvalue weighted by Crippen LogP contribution is 2.28. The lowest BCUT2D eigenvalue weighted by Crippen LogP contribution is -2.22. The molecule has 1 atom stereocenters. The van der Waals surface area contributed by atoms with Crippen molar-refractivity contribution in [1.29, 1.82) is 5.26 Å². The van der Waals surface area contributed by atoms with Crippen LogP contribution in [0.4, 0.5) is 5.69 Å². The Bertz CT molecular complexity index is 412. The fourth-order valence-corrected chi connectivity index (χ4v) is 2.09. The zero-order chi connectivity index (χ0) is 12.8. The molecule has 0 saturated heterocycles. The molecule has 1 aromatic carbocycles. The van der Waals surface area contributed by atoms with Crippen LogP contribution in [0.1, 0.15) is 24.9 Å². The minimum atomic E-state index is 0.284. The van der Waals surface area contributed by atoms with Crippen LogP contribution in [0, 0.1) is 11.3 Å². The number of nitrogens with one attached hydrogen (secondary N) is 1. The Morgan fingerprint density at radius 2 is 2.24 bits per heavy atom. The van der Waals surface area contributed by atoms with Crippen LogP contribution >= 0.6 is 15.9 Å². The first-order valence-corrected chi connectivity index (χ1v) is 6.44. The van der Waals surface area contributed by atoms with Crippen LogP contribution in [0.2, 0.25) is 0 Å². The van der Waals surface area contributed by atoms with Crippen LogP contribution < -0.4 is 10.2 Å². The number of halogens is 1. The molecule has 0 spiro atoms. The van der Waals surface area contributed by atoms with Crippen molar-refractivity contribution in [2.24, 2.45) is 0 Å². The maximum absolute atomic E-state index is 8.63. The summed E-state index contributed by atoms with van der Waals surface area (Å²) in [6.45, 7) is 2.88. The van der Waals surface area contributed by atoms with E-state index in [-0.39, 0.29) is 6.04 Å². The van der Waals surface area contributed by atoms with Crippen molar-refractivity contribution >= 4 is 21.6 Å². The molecular weight excluding hydrogens is 278 g/mol. The number of hydrogen-bond acceptors (Lipinski definition) is 3. The number of nitrogens with zero attached hydrogens (tertiary/aromatic N) is 2. The van der Waals surface area contributed by atoms with Gasteiger partial charge in [-0.3, -0.25) is 0 Å². The van der Waals surface area contributed by atoms with Gasteiger partial charge in [0.25, 0.3) is 0 Å². The smallest absolute Gasteiger partial charge is 0.0640 e. The van der Waals surface area contributed by atoms with E-state index in [1.54, 1.807) is 0 Å². The molecule has 0 radical (unpaired) electrons. The first-order chi connectivity index (χ1) is 8.10. The molecule has 1 rings (SSSR count). The Labute approximate surface area is 112 Å². The SMILES string of the molecule is CNC(C)c1cc(Br)ccc1N(C)CCC#N. The van der Waals surface area contributed by atoms with E-state index >= 15 is 0 Å². The predicted octanol–water partition coefficient (Wildman–Crippen LogP) is 3.08. The third-order valence-electron chi connectivity index (χ3n) is 2.86. The molecule has 0 saturated carbocycles. The highest BCUT2D eigenvalue weighted by atomic mass is 79.9. The van der Waals surface area contributed by atoms with Gasteiger partial charge in [0.2, 0.25) is 0 Å². The molecule has 3 nitrogen and oxygen atoms in total. The molecule has 1 N–H and O–H groups in total. The van der Waals surface area contributed by atoms with Gasteiger partial charge in [0, 0.05) is 29.8 Å². The summed E-state index contributed by atoms with van der Waals surface area (Å²) in [5, 5.41) is 11.9. The Hall–Kier alpha value is -1.05. The first kappa shape index (κ1) is 14.0. The minimum Gasteiger partial charge on any atom is -0.373 e. The summed E-state index contributed by atoms with van der Waals surface area (Å²) in [5.74, 6) is 0. The number of hydrogen-bond donors (Lipinski definition) is 1. The number of rotatable bonds is 5. The highest BCUT2D eigenvalue weighted by Gasteiger charge is 2.12. The van der Waals surface area contributed by atoms with Crippen LogP contribution in [0.3, 0.4) is 0 Å². The fourth-order valence-electron chi connectivity index (χ4n) is 1.71. The molecule has 0 aliphatic heterocycles. The summed E-state index contributed by atoms with van der Waals surface area (Å²) in [6.07, 6.45) is 0.542. The monoisotopic (exact) mass is 295 g/mol. The second-order valence-electron chi connectivity index (χ2n) is 4.04. The van der Waals surface area contributed by atoms with Gasteiger partial charge in [-0.05, 0) is 37.7 Å². The number of nitriles is 1. The predicted molar refractivity (Wildman–Crippen MR) is 75.1 cm³/mol. The normalized spacial score (nSPS) is 11.9. The maximum atomic E-state index is 8.63. The van der Waals surface area contributed by atoms with Crippen molar-refractivity contribution < 1.29 is 0 Å². The summed E-state index contributed by atoms with van der Waals surface area (Å²) in [5.41, 5.74) is 2.41. The second-order valence-corrected chi connectivity index (χ2v) is 4.96. The van der Waals surface area contributed by atoms with E-state index in [9.17, 15) is 0 Å². The van der Waals surface area contributed by atoms with E-state index in [2.05, 4.69) is 51.3 Å². The van der Waals surface area contributed by atoms with E-state index in [1.807, 2.05) is 20.2 Å². The van der Waals surface area contributed by atoms with Crippen LogP contribution in [-0.2, 0) is 0 Å². The minimum absolute atomic E-state index is 0.284. The molecule has 17 heavy (non-hydrogen) atoms. The van der Waals surface area contributed by atoms with E-state index in [0.717, 1.165) is 11.0 Å². The van der Waals surface area contributed by atoms with Gasteiger partial charge < -0.3 is 10.2 Å². The largest absolute Gasteiger partial charge is 0.373 e. The number of anilines is 1. The van der Waals surface area contributed by atoms with Gasteiger partial charge in [-0.1, -0.05) is 15.9 Å². The molecular formula is C13H18BrN3. The average Bonchev–Trinajstić information content (AvgIpc) is 2.34. The molecule has 0 bridgehead atoms. The van der Waals surface area contributed by atoms with Crippen molar-refractivity contribution in [3.63, 3.8) is 0 Å². The van der Waals surface area contributed by atoms with Gasteiger partial charge in [-0.2, -0.15) is 5.26 Å². The molecule has 0 aromatic heterocycles. The van der Waals surface area contributed by atoms with E-state index < -0.39 is 0 Å². The van der Waals surface area contributed by atoms with Gasteiger partial charge in [-0.15, -0.1) is 0 Å². The molecule has 0 amide bonds. The Kier molecular flexibility index (Phi) is 5.46. The molecule has 0 aliphatic carbocycles. The van der Waals surface area contributed by atoms with E-state index in [0.29, 0.717) is 6.42 Å². The summed E-state index contributed by atoms with van der Waals surface area (Å²) >= 11 is 3.50. The van der Waals surface area contributed by atoms with Gasteiger partial charge in [0.1, 0.15) is 0 Å². The Morgan fingerprint density at radius 3 is 2.82 bits per heavy atom. The van der Waals surface area contributed by atoms with Gasteiger partial charge >= 0.3 is 0 Å².